The SMILES string of the molecule is Cc1ccc(Cl)c2c1N(C)CC2CN1CCNCC1. The van der Waals surface area contributed by atoms with Crippen molar-refractivity contribution in [1.82, 2.24) is 10.2 Å². The van der Waals surface area contributed by atoms with Gasteiger partial charge in [0.1, 0.15) is 0 Å². The molecular weight excluding hydrogens is 258 g/mol. The van der Waals surface area contributed by atoms with Crippen LogP contribution in [0.3, 0.4) is 0 Å². The predicted octanol–water partition coefficient (Wildman–Crippen LogP) is 2.09. The number of hydrogen-bond donors (Lipinski definition) is 1. The molecular formula is C15H22ClN3. The van der Waals surface area contributed by atoms with Gasteiger partial charge >= 0.3 is 0 Å². The van der Waals surface area contributed by atoms with Crippen LogP contribution < -0.4 is 10.2 Å². The summed E-state index contributed by atoms with van der Waals surface area (Å²) in [5.41, 5.74) is 4.06. The summed E-state index contributed by atoms with van der Waals surface area (Å²) >= 11 is 6.46. The second-order valence-corrected chi connectivity index (χ2v) is 6.16. The summed E-state index contributed by atoms with van der Waals surface area (Å²) in [6.07, 6.45) is 0. The summed E-state index contributed by atoms with van der Waals surface area (Å²) in [5, 5.41) is 4.35. The number of likely N-dealkylation sites (N-methyl/N-ethyl adjacent to an activating group) is 1. The molecule has 1 atom stereocenters. The first kappa shape index (κ1) is 13.2. The van der Waals surface area contributed by atoms with Crippen LogP contribution in [0, 0.1) is 6.92 Å². The van der Waals surface area contributed by atoms with Gasteiger partial charge < -0.3 is 15.1 Å². The minimum atomic E-state index is 0.547. The van der Waals surface area contributed by atoms with E-state index in [0.29, 0.717) is 5.92 Å². The summed E-state index contributed by atoms with van der Waals surface area (Å²) in [4.78, 5) is 4.92. The fourth-order valence-electron chi connectivity index (χ4n) is 3.46. The van der Waals surface area contributed by atoms with Gasteiger partial charge in [0, 0.05) is 68.5 Å². The lowest BCUT2D eigenvalue weighted by molar-refractivity contribution is 0.230. The van der Waals surface area contributed by atoms with E-state index < -0.39 is 0 Å². The summed E-state index contributed by atoms with van der Waals surface area (Å²) < 4.78 is 0. The van der Waals surface area contributed by atoms with Crippen molar-refractivity contribution in [3.63, 3.8) is 0 Å². The summed E-state index contributed by atoms with van der Waals surface area (Å²) in [7, 11) is 2.18. The Kier molecular flexibility index (Phi) is 3.70. The largest absolute Gasteiger partial charge is 0.373 e. The van der Waals surface area contributed by atoms with Crippen LogP contribution in [-0.4, -0.2) is 51.2 Å². The van der Waals surface area contributed by atoms with Crippen LogP contribution in [0.15, 0.2) is 12.1 Å². The number of benzene rings is 1. The third kappa shape index (κ3) is 2.47. The quantitative estimate of drug-likeness (QED) is 0.894. The lowest BCUT2D eigenvalue weighted by Crippen LogP contribution is -2.45. The molecule has 3 nitrogen and oxygen atoms in total. The average Bonchev–Trinajstić information content (AvgIpc) is 2.73. The highest BCUT2D eigenvalue weighted by molar-refractivity contribution is 6.32. The Morgan fingerprint density at radius 2 is 2.05 bits per heavy atom. The van der Waals surface area contributed by atoms with Crippen molar-refractivity contribution >= 4 is 17.3 Å². The van der Waals surface area contributed by atoms with Crippen LogP contribution in [0.4, 0.5) is 5.69 Å². The molecule has 0 saturated carbocycles. The molecule has 1 N–H and O–H groups in total. The Hall–Kier alpha value is -0.770. The van der Waals surface area contributed by atoms with E-state index in [-0.39, 0.29) is 0 Å². The van der Waals surface area contributed by atoms with Crippen molar-refractivity contribution in [2.75, 3.05) is 51.2 Å². The lowest BCUT2D eigenvalue weighted by Gasteiger charge is -2.29. The van der Waals surface area contributed by atoms with Crippen LogP contribution in [0.25, 0.3) is 0 Å². The Labute approximate surface area is 120 Å². The molecule has 3 rings (SSSR count). The first-order chi connectivity index (χ1) is 9.16. The van der Waals surface area contributed by atoms with Crippen LogP contribution in [0.5, 0.6) is 0 Å². The molecule has 2 aliphatic heterocycles. The number of nitrogens with one attached hydrogen (secondary N) is 1. The van der Waals surface area contributed by atoms with Gasteiger partial charge in [-0.3, -0.25) is 0 Å². The van der Waals surface area contributed by atoms with Gasteiger partial charge in [-0.25, -0.2) is 0 Å². The second kappa shape index (κ2) is 5.31. The van der Waals surface area contributed by atoms with E-state index in [1.165, 1.54) is 16.8 Å². The van der Waals surface area contributed by atoms with E-state index in [1.807, 2.05) is 0 Å². The van der Waals surface area contributed by atoms with Gasteiger partial charge in [-0.05, 0) is 18.6 Å². The van der Waals surface area contributed by atoms with Crippen molar-refractivity contribution < 1.29 is 0 Å². The van der Waals surface area contributed by atoms with E-state index in [4.69, 9.17) is 11.6 Å². The number of nitrogens with zero attached hydrogens (tertiary/aromatic N) is 2. The zero-order chi connectivity index (χ0) is 13.4. The maximum Gasteiger partial charge on any atom is 0.0462 e. The highest BCUT2D eigenvalue weighted by Gasteiger charge is 2.31. The van der Waals surface area contributed by atoms with Crippen molar-refractivity contribution in [1.29, 1.82) is 0 Å². The molecule has 1 aromatic rings. The Bertz CT molecular complexity index is 469. The fraction of sp³-hybridized carbons (Fsp3) is 0.600. The molecule has 0 spiro atoms. The third-order valence-electron chi connectivity index (χ3n) is 4.34. The lowest BCUT2D eigenvalue weighted by atomic mass is 9.98. The predicted molar refractivity (Wildman–Crippen MR) is 81.5 cm³/mol. The minimum Gasteiger partial charge on any atom is -0.373 e. The number of anilines is 1. The molecule has 4 heteroatoms. The number of hydrogen-bond acceptors (Lipinski definition) is 3. The van der Waals surface area contributed by atoms with E-state index in [0.717, 1.165) is 44.3 Å². The molecule has 2 heterocycles. The van der Waals surface area contributed by atoms with Gasteiger partial charge in [-0.2, -0.15) is 0 Å². The number of piperazine rings is 1. The van der Waals surface area contributed by atoms with Crippen LogP contribution >= 0.6 is 11.6 Å². The molecule has 0 aliphatic carbocycles. The van der Waals surface area contributed by atoms with E-state index >= 15 is 0 Å². The second-order valence-electron chi connectivity index (χ2n) is 5.75. The Morgan fingerprint density at radius 1 is 1.32 bits per heavy atom. The molecule has 19 heavy (non-hydrogen) atoms. The van der Waals surface area contributed by atoms with Crippen LogP contribution in [0.1, 0.15) is 17.0 Å². The first-order valence-electron chi connectivity index (χ1n) is 7.10. The number of rotatable bonds is 2. The van der Waals surface area contributed by atoms with Gasteiger partial charge in [0.2, 0.25) is 0 Å². The van der Waals surface area contributed by atoms with Crippen LogP contribution in [-0.2, 0) is 0 Å². The standard InChI is InChI=1S/C15H22ClN3/c1-11-3-4-13(16)14-12(9-18(2)15(11)14)10-19-7-5-17-6-8-19/h3-4,12,17H,5-10H2,1-2H3. The maximum absolute atomic E-state index is 6.46. The zero-order valence-corrected chi connectivity index (χ0v) is 12.5. The number of fused-ring (bicyclic) bond motifs is 1. The normalized spacial score (nSPS) is 23.7. The highest BCUT2D eigenvalue weighted by atomic mass is 35.5. The molecule has 2 aliphatic rings. The maximum atomic E-state index is 6.46. The molecule has 1 fully saturated rings. The topological polar surface area (TPSA) is 18.5 Å². The molecule has 1 aromatic carbocycles. The highest BCUT2D eigenvalue weighted by Crippen LogP contribution is 2.42. The summed E-state index contributed by atoms with van der Waals surface area (Å²) in [6.45, 7) is 8.91. The van der Waals surface area contributed by atoms with Crippen molar-refractivity contribution in [3.8, 4) is 0 Å². The Balaban J connectivity index is 1.84. The molecule has 0 bridgehead atoms. The molecule has 1 unspecified atom stereocenters. The van der Waals surface area contributed by atoms with E-state index in [1.54, 1.807) is 0 Å². The van der Waals surface area contributed by atoms with E-state index in [2.05, 4.69) is 41.2 Å². The molecule has 0 aromatic heterocycles. The van der Waals surface area contributed by atoms with Gasteiger partial charge in [0.05, 0.1) is 0 Å². The summed E-state index contributed by atoms with van der Waals surface area (Å²) in [6, 6.07) is 4.19. The average molecular weight is 280 g/mol. The molecule has 104 valence electrons. The summed E-state index contributed by atoms with van der Waals surface area (Å²) in [5.74, 6) is 0.547. The third-order valence-corrected chi connectivity index (χ3v) is 4.67. The first-order valence-corrected chi connectivity index (χ1v) is 7.48. The fourth-order valence-corrected chi connectivity index (χ4v) is 3.76. The molecule has 0 radical (unpaired) electrons. The number of halogens is 1. The van der Waals surface area contributed by atoms with Gasteiger partial charge in [-0.1, -0.05) is 17.7 Å². The zero-order valence-electron chi connectivity index (χ0n) is 11.7. The van der Waals surface area contributed by atoms with Gasteiger partial charge in [0.25, 0.3) is 0 Å². The monoisotopic (exact) mass is 279 g/mol. The molecule has 1 saturated heterocycles. The number of aryl methyl sites for hydroxylation is 1. The van der Waals surface area contributed by atoms with Crippen molar-refractivity contribution in [3.05, 3.63) is 28.3 Å². The van der Waals surface area contributed by atoms with Crippen molar-refractivity contribution in [2.45, 2.75) is 12.8 Å². The van der Waals surface area contributed by atoms with Gasteiger partial charge in [-0.15, -0.1) is 0 Å². The Morgan fingerprint density at radius 3 is 2.79 bits per heavy atom. The van der Waals surface area contributed by atoms with Crippen molar-refractivity contribution in [2.24, 2.45) is 0 Å². The minimum absolute atomic E-state index is 0.547. The molecule has 0 amide bonds. The van der Waals surface area contributed by atoms with Crippen LogP contribution in [0.2, 0.25) is 5.02 Å². The smallest absolute Gasteiger partial charge is 0.0462 e. The van der Waals surface area contributed by atoms with E-state index in [9.17, 15) is 0 Å². The van der Waals surface area contributed by atoms with Gasteiger partial charge in [0.15, 0.2) is 0 Å².